The molecule has 0 saturated carbocycles. The van der Waals surface area contributed by atoms with Crippen molar-refractivity contribution in [1.82, 2.24) is 4.90 Å². The first kappa shape index (κ1) is 13.4. The Bertz CT molecular complexity index is 256. The Morgan fingerprint density at radius 1 is 1.29 bits per heavy atom. The van der Waals surface area contributed by atoms with Crippen LogP contribution in [0, 0.1) is 0 Å². The summed E-state index contributed by atoms with van der Waals surface area (Å²) >= 11 is 0. The summed E-state index contributed by atoms with van der Waals surface area (Å²) in [6, 6.07) is 0.855. The second kappa shape index (κ2) is 5.77. The van der Waals surface area contributed by atoms with Crippen molar-refractivity contribution in [3.05, 3.63) is 0 Å². The molecule has 0 aromatic rings. The number of nitrogens with zero attached hydrogens (tertiary/aromatic N) is 1. The number of hydrogen-bond donors (Lipinski definition) is 0. The minimum atomic E-state index is -2.47. The average Bonchev–Trinajstić information content (AvgIpc) is 2.22. The van der Waals surface area contributed by atoms with Gasteiger partial charge in [-0.1, -0.05) is 0 Å². The van der Waals surface area contributed by atoms with Crippen molar-refractivity contribution in [1.29, 1.82) is 0 Å². The number of rotatable bonds is 1. The second-order valence-electron chi connectivity index (χ2n) is 4.96. The van der Waals surface area contributed by atoms with Gasteiger partial charge in [-0.05, 0) is 20.4 Å². The van der Waals surface area contributed by atoms with Crippen molar-refractivity contribution in [2.75, 3.05) is 40.5 Å². The van der Waals surface area contributed by atoms with Crippen molar-refractivity contribution in [3.8, 4) is 0 Å². The molecule has 2 saturated heterocycles. The SMILES string of the molecule is CO[Si]12CCCOCC(CN(C)CC(C)O1)O2. The zero-order valence-corrected chi connectivity index (χ0v) is 12.0. The van der Waals surface area contributed by atoms with Gasteiger partial charge in [0, 0.05) is 32.9 Å². The van der Waals surface area contributed by atoms with Crippen LogP contribution < -0.4 is 0 Å². The van der Waals surface area contributed by atoms with Crippen LogP contribution >= 0.6 is 0 Å². The number of likely N-dealkylation sites (N-methyl/N-ethyl adjacent to an activating group) is 1. The lowest BCUT2D eigenvalue weighted by Crippen LogP contribution is -2.57. The van der Waals surface area contributed by atoms with Gasteiger partial charge in [-0.15, -0.1) is 0 Å². The normalized spacial score (nSPS) is 41.1. The molecule has 6 heteroatoms. The van der Waals surface area contributed by atoms with Gasteiger partial charge in [0.1, 0.15) is 0 Å². The van der Waals surface area contributed by atoms with Crippen LogP contribution in [0.3, 0.4) is 0 Å². The number of hydrogen-bond acceptors (Lipinski definition) is 5. The molecule has 2 aliphatic heterocycles. The van der Waals surface area contributed by atoms with Crippen molar-refractivity contribution in [2.45, 2.75) is 31.6 Å². The van der Waals surface area contributed by atoms with E-state index >= 15 is 0 Å². The Kier molecular flexibility index (Phi) is 4.57. The van der Waals surface area contributed by atoms with E-state index in [-0.39, 0.29) is 12.2 Å². The van der Waals surface area contributed by atoms with E-state index in [4.69, 9.17) is 18.0 Å². The molecule has 0 aliphatic carbocycles. The predicted octanol–water partition coefficient (Wildman–Crippen LogP) is 0.728. The fraction of sp³-hybridized carbons (Fsp3) is 1.00. The Morgan fingerprint density at radius 2 is 2.12 bits per heavy atom. The molecule has 0 aromatic heterocycles. The van der Waals surface area contributed by atoms with Crippen LogP contribution in [-0.4, -0.2) is 66.4 Å². The predicted molar refractivity (Wildman–Crippen MR) is 65.9 cm³/mol. The molecule has 0 radical (unpaired) electrons. The Labute approximate surface area is 104 Å². The maximum Gasteiger partial charge on any atom is 0.501 e. The average molecular weight is 261 g/mol. The van der Waals surface area contributed by atoms with E-state index in [1.165, 1.54) is 0 Å². The molecular weight excluding hydrogens is 238 g/mol. The highest BCUT2D eigenvalue weighted by molar-refractivity contribution is 6.60. The van der Waals surface area contributed by atoms with E-state index in [2.05, 4.69) is 18.9 Å². The van der Waals surface area contributed by atoms with E-state index < -0.39 is 8.80 Å². The molecule has 2 fully saturated rings. The maximum atomic E-state index is 6.14. The molecule has 3 atom stereocenters. The van der Waals surface area contributed by atoms with Gasteiger partial charge in [-0.25, -0.2) is 0 Å². The summed E-state index contributed by atoms with van der Waals surface area (Å²) in [5, 5.41) is 0. The minimum absolute atomic E-state index is 0.0689. The third kappa shape index (κ3) is 3.49. The zero-order chi connectivity index (χ0) is 12.3. The summed E-state index contributed by atoms with van der Waals surface area (Å²) < 4.78 is 23.5. The van der Waals surface area contributed by atoms with Crippen LogP contribution in [0.2, 0.25) is 6.04 Å². The van der Waals surface area contributed by atoms with Crippen LogP contribution in [0.5, 0.6) is 0 Å². The lowest BCUT2D eigenvalue weighted by atomic mass is 10.3. The zero-order valence-electron chi connectivity index (χ0n) is 11.0. The van der Waals surface area contributed by atoms with Gasteiger partial charge in [0.25, 0.3) is 0 Å². The monoisotopic (exact) mass is 261 g/mol. The molecule has 3 unspecified atom stereocenters. The Hall–Kier alpha value is 0.0169. The molecule has 17 heavy (non-hydrogen) atoms. The Balaban J connectivity index is 2.13. The highest BCUT2D eigenvalue weighted by Gasteiger charge is 2.45. The number of fused-ring (bicyclic) bond motifs is 2. The standard InChI is InChI=1S/C11H23NO4Si/c1-10-7-12(2)8-11-9-14-5-4-6-17(13-3,15-10)16-11/h10-11H,4-9H2,1-3H3. The summed E-state index contributed by atoms with van der Waals surface area (Å²) in [4.78, 5) is 2.23. The van der Waals surface area contributed by atoms with Crippen LogP contribution in [0.25, 0.3) is 0 Å². The van der Waals surface area contributed by atoms with Crippen LogP contribution in [-0.2, 0) is 18.0 Å². The van der Waals surface area contributed by atoms with Crippen LogP contribution in [0.1, 0.15) is 13.3 Å². The molecule has 2 bridgehead atoms. The quantitative estimate of drug-likeness (QED) is 0.651. The van der Waals surface area contributed by atoms with Crippen molar-refractivity contribution >= 4 is 8.80 Å². The summed E-state index contributed by atoms with van der Waals surface area (Å²) in [6.07, 6.45) is 1.18. The molecule has 2 rings (SSSR count). The van der Waals surface area contributed by atoms with Gasteiger partial charge in [-0.3, -0.25) is 0 Å². The summed E-state index contributed by atoms with van der Waals surface area (Å²) in [6.45, 7) is 5.30. The van der Waals surface area contributed by atoms with Gasteiger partial charge < -0.3 is 22.9 Å². The van der Waals surface area contributed by atoms with E-state index in [0.29, 0.717) is 6.61 Å². The second-order valence-corrected chi connectivity index (χ2v) is 7.70. The first-order chi connectivity index (χ1) is 8.13. The van der Waals surface area contributed by atoms with E-state index in [1.54, 1.807) is 7.11 Å². The molecule has 0 amide bonds. The van der Waals surface area contributed by atoms with E-state index in [0.717, 1.165) is 32.2 Å². The fourth-order valence-electron chi connectivity index (χ4n) is 2.53. The third-order valence-electron chi connectivity index (χ3n) is 3.20. The minimum Gasteiger partial charge on any atom is -0.379 e. The van der Waals surface area contributed by atoms with Crippen LogP contribution in [0.4, 0.5) is 0 Å². The maximum absolute atomic E-state index is 6.14. The molecule has 0 aromatic carbocycles. The molecule has 5 nitrogen and oxygen atoms in total. The molecule has 2 heterocycles. The molecule has 0 spiro atoms. The third-order valence-corrected chi connectivity index (χ3v) is 6.24. The van der Waals surface area contributed by atoms with Crippen LogP contribution in [0.15, 0.2) is 0 Å². The highest BCUT2D eigenvalue weighted by atomic mass is 28.4. The Morgan fingerprint density at radius 3 is 2.88 bits per heavy atom. The fourth-order valence-corrected chi connectivity index (χ4v) is 5.14. The summed E-state index contributed by atoms with van der Waals surface area (Å²) in [5.41, 5.74) is 0. The summed E-state index contributed by atoms with van der Waals surface area (Å²) in [7, 11) is 1.33. The van der Waals surface area contributed by atoms with Gasteiger partial charge in [0.2, 0.25) is 0 Å². The molecule has 2 aliphatic rings. The van der Waals surface area contributed by atoms with Gasteiger partial charge in [0.05, 0.1) is 18.8 Å². The lowest BCUT2D eigenvalue weighted by molar-refractivity contribution is -0.0616. The highest BCUT2D eigenvalue weighted by Crippen LogP contribution is 2.25. The van der Waals surface area contributed by atoms with Gasteiger partial charge in [-0.2, -0.15) is 0 Å². The van der Waals surface area contributed by atoms with E-state index in [1.807, 2.05) is 0 Å². The van der Waals surface area contributed by atoms with Crippen molar-refractivity contribution in [2.24, 2.45) is 0 Å². The van der Waals surface area contributed by atoms with E-state index in [9.17, 15) is 0 Å². The number of ether oxygens (including phenoxy) is 1. The first-order valence-electron chi connectivity index (χ1n) is 6.30. The topological polar surface area (TPSA) is 40.2 Å². The molecule has 100 valence electrons. The van der Waals surface area contributed by atoms with Crippen molar-refractivity contribution in [3.63, 3.8) is 0 Å². The van der Waals surface area contributed by atoms with Crippen molar-refractivity contribution < 1.29 is 18.0 Å². The molecule has 0 N–H and O–H groups in total. The smallest absolute Gasteiger partial charge is 0.379 e. The first-order valence-corrected chi connectivity index (χ1v) is 8.24. The van der Waals surface area contributed by atoms with Gasteiger partial charge >= 0.3 is 8.80 Å². The lowest BCUT2D eigenvalue weighted by Gasteiger charge is -2.40. The van der Waals surface area contributed by atoms with Gasteiger partial charge in [0.15, 0.2) is 0 Å². The summed E-state index contributed by atoms with van der Waals surface area (Å²) in [5.74, 6) is 0. The molecular formula is C11H23NO4Si. The largest absolute Gasteiger partial charge is 0.501 e.